The third-order valence-corrected chi connectivity index (χ3v) is 2.53. The van der Waals surface area contributed by atoms with Crippen molar-refractivity contribution in [1.29, 1.82) is 0 Å². The molecular weight excluding hydrogens is 230 g/mol. The highest BCUT2D eigenvalue weighted by Crippen LogP contribution is 2.24. The van der Waals surface area contributed by atoms with Gasteiger partial charge in [-0.05, 0) is 32.0 Å². The van der Waals surface area contributed by atoms with Crippen molar-refractivity contribution < 1.29 is 14.3 Å². The second kappa shape index (κ2) is 5.49. The molecule has 1 aromatic carbocycles. The Bertz CT molecular complexity index is 548. The number of fused-ring (bicyclic) bond motifs is 1. The summed E-state index contributed by atoms with van der Waals surface area (Å²) < 4.78 is 10.5. The highest BCUT2D eigenvalue weighted by atomic mass is 16.6. The van der Waals surface area contributed by atoms with Crippen molar-refractivity contribution in [2.24, 2.45) is 0 Å². The summed E-state index contributed by atoms with van der Waals surface area (Å²) >= 11 is 0. The molecule has 0 amide bonds. The number of para-hydroxylation sites is 1. The summed E-state index contributed by atoms with van der Waals surface area (Å²) in [6, 6.07) is 9.38. The Morgan fingerprint density at radius 2 is 2.11 bits per heavy atom. The number of nitrogens with zero attached hydrogens (tertiary/aromatic N) is 1. The zero-order chi connectivity index (χ0) is 13.0. The third-order valence-electron chi connectivity index (χ3n) is 2.53. The van der Waals surface area contributed by atoms with Crippen molar-refractivity contribution in [3.63, 3.8) is 0 Å². The molecule has 18 heavy (non-hydrogen) atoms. The number of aromatic nitrogens is 1. The van der Waals surface area contributed by atoms with E-state index in [1.807, 2.05) is 24.3 Å². The maximum absolute atomic E-state index is 11.5. The van der Waals surface area contributed by atoms with Gasteiger partial charge < -0.3 is 9.47 Å². The molecule has 0 aliphatic rings. The number of esters is 1. The Kier molecular flexibility index (Phi) is 3.77. The van der Waals surface area contributed by atoms with E-state index in [0.717, 1.165) is 10.9 Å². The Hall–Kier alpha value is -2.10. The van der Waals surface area contributed by atoms with E-state index >= 15 is 0 Å². The molecule has 1 unspecified atom stereocenters. The Labute approximate surface area is 106 Å². The van der Waals surface area contributed by atoms with Gasteiger partial charge in [-0.1, -0.05) is 12.1 Å². The topological polar surface area (TPSA) is 48.4 Å². The van der Waals surface area contributed by atoms with E-state index in [2.05, 4.69) is 4.98 Å². The number of rotatable bonds is 4. The quantitative estimate of drug-likeness (QED) is 0.777. The largest absolute Gasteiger partial charge is 0.478 e. The van der Waals surface area contributed by atoms with Gasteiger partial charge in [0.2, 0.25) is 0 Å². The molecule has 0 aliphatic heterocycles. The van der Waals surface area contributed by atoms with Gasteiger partial charge in [-0.25, -0.2) is 4.79 Å². The summed E-state index contributed by atoms with van der Waals surface area (Å²) in [6.07, 6.45) is 1.03. The highest BCUT2D eigenvalue weighted by Gasteiger charge is 2.16. The molecule has 2 rings (SSSR count). The minimum Gasteiger partial charge on any atom is -0.478 e. The average Bonchev–Trinajstić information content (AvgIpc) is 2.39. The lowest BCUT2D eigenvalue weighted by Crippen LogP contribution is -2.26. The molecule has 0 aliphatic carbocycles. The maximum atomic E-state index is 11.5. The highest BCUT2D eigenvalue weighted by molar-refractivity contribution is 5.85. The molecule has 94 valence electrons. The lowest BCUT2D eigenvalue weighted by molar-refractivity contribution is -0.150. The van der Waals surface area contributed by atoms with Crippen LogP contribution >= 0.6 is 0 Å². The second-order valence-electron chi connectivity index (χ2n) is 3.84. The van der Waals surface area contributed by atoms with E-state index in [1.54, 1.807) is 26.1 Å². The van der Waals surface area contributed by atoms with E-state index in [1.165, 1.54) is 0 Å². The first kappa shape index (κ1) is 12.4. The molecule has 1 heterocycles. The molecular formula is C14H15NO3. The van der Waals surface area contributed by atoms with E-state index in [-0.39, 0.29) is 5.97 Å². The number of hydrogen-bond acceptors (Lipinski definition) is 4. The first-order chi connectivity index (χ1) is 8.72. The fourth-order valence-corrected chi connectivity index (χ4v) is 1.67. The fraction of sp³-hybridized carbons (Fsp3) is 0.286. The normalized spacial score (nSPS) is 12.1. The van der Waals surface area contributed by atoms with Crippen molar-refractivity contribution in [2.45, 2.75) is 20.0 Å². The summed E-state index contributed by atoms with van der Waals surface area (Å²) in [6.45, 7) is 3.79. The minimum atomic E-state index is -0.629. The van der Waals surface area contributed by atoms with Crippen LogP contribution in [-0.2, 0) is 9.53 Å². The summed E-state index contributed by atoms with van der Waals surface area (Å²) in [5.74, 6) is 0.277. The number of benzene rings is 1. The third kappa shape index (κ3) is 2.59. The van der Waals surface area contributed by atoms with Gasteiger partial charge in [-0.15, -0.1) is 0 Å². The summed E-state index contributed by atoms with van der Waals surface area (Å²) in [4.78, 5) is 15.8. The smallest absolute Gasteiger partial charge is 0.347 e. The zero-order valence-electron chi connectivity index (χ0n) is 10.4. The Balaban J connectivity index is 2.24. The second-order valence-corrected chi connectivity index (χ2v) is 3.84. The number of pyridine rings is 1. The molecule has 0 fully saturated rings. The van der Waals surface area contributed by atoms with Crippen LogP contribution in [0.25, 0.3) is 10.9 Å². The van der Waals surface area contributed by atoms with Gasteiger partial charge >= 0.3 is 5.97 Å². The minimum absolute atomic E-state index is 0.351. The molecule has 1 aromatic heterocycles. The first-order valence-electron chi connectivity index (χ1n) is 5.89. The Morgan fingerprint density at radius 1 is 1.33 bits per heavy atom. The maximum Gasteiger partial charge on any atom is 0.347 e. The predicted octanol–water partition coefficient (Wildman–Crippen LogP) is 2.57. The zero-order valence-corrected chi connectivity index (χ0v) is 10.4. The van der Waals surface area contributed by atoms with Gasteiger partial charge in [-0.2, -0.15) is 0 Å². The van der Waals surface area contributed by atoms with Crippen molar-refractivity contribution in [1.82, 2.24) is 4.98 Å². The number of ether oxygens (including phenoxy) is 2. The molecule has 4 heteroatoms. The molecule has 0 saturated carbocycles. The van der Waals surface area contributed by atoms with Gasteiger partial charge in [0.25, 0.3) is 0 Å². The molecule has 0 radical (unpaired) electrons. The summed E-state index contributed by atoms with van der Waals surface area (Å²) in [7, 11) is 0. The van der Waals surface area contributed by atoms with Crippen molar-refractivity contribution in [3.05, 3.63) is 36.5 Å². The van der Waals surface area contributed by atoms with Crippen LogP contribution in [0, 0.1) is 0 Å². The number of carbonyl (C=O) groups is 1. The van der Waals surface area contributed by atoms with Gasteiger partial charge in [0.05, 0.1) is 12.1 Å². The van der Waals surface area contributed by atoms with Crippen molar-refractivity contribution >= 4 is 16.9 Å². The monoisotopic (exact) mass is 245 g/mol. The number of carbonyl (C=O) groups excluding carboxylic acids is 1. The summed E-state index contributed by atoms with van der Waals surface area (Å²) in [5, 5.41) is 0.885. The molecule has 2 aromatic rings. The van der Waals surface area contributed by atoms with Gasteiger partial charge in [-0.3, -0.25) is 4.98 Å². The molecule has 0 spiro atoms. The van der Waals surface area contributed by atoms with Crippen LogP contribution in [0.1, 0.15) is 13.8 Å². The SMILES string of the molecule is CCOC(=O)C(C)Oc1ccnc2ccccc12. The van der Waals surface area contributed by atoms with Crippen LogP contribution in [-0.4, -0.2) is 23.7 Å². The van der Waals surface area contributed by atoms with Crippen LogP contribution < -0.4 is 4.74 Å². The van der Waals surface area contributed by atoms with Crippen molar-refractivity contribution in [2.75, 3.05) is 6.61 Å². The average molecular weight is 245 g/mol. The van der Waals surface area contributed by atoms with E-state index in [9.17, 15) is 4.79 Å². The number of hydrogen-bond donors (Lipinski definition) is 0. The van der Waals surface area contributed by atoms with Crippen LogP contribution in [0.5, 0.6) is 5.75 Å². The van der Waals surface area contributed by atoms with Crippen LogP contribution in [0.2, 0.25) is 0 Å². The van der Waals surface area contributed by atoms with E-state index in [0.29, 0.717) is 12.4 Å². The molecule has 0 bridgehead atoms. The van der Waals surface area contributed by atoms with Crippen LogP contribution in [0.4, 0.5) is 0 Å². The van der Waals surface area contributed by atoms with E-state index < -0.39 is 6.10 Å². The van der Waals surface area contributed by atoms with Crippen LogP contribution in [0.3, 0.4) is 0 Å². The molecule has 4 nitrogen and oxygen atoms in total. The van der Waals surface area contributed by atoms with E-state index in [4.69, 9.17) is 9.47 Å². The van der Waals surface area contributed by atoms with Gasteiger partial charge in [0.1, 0.15) is 5.75 Å². The predicted molar refractivity (Wildman–Crippen MR) is 68.5 cm³/mol. The Morgan fingerprint density at radius 3 is 2.89 bits per heavy atom. The van der Waals surface area contributed by atoms with Crippen LogP contribution in [0.15, 0.2) is 36.5 Å². The summed E-state index contributed by atoms with van der Waals surface area (Å²) in [5.41, 5.74) is 0.839. The van der Waals surface area contributed by atoms with Gasteiger partial charge in [0, 0.05) is 11.6 Å². The lowest BCUT2D eigenvalue weighted by Gasteiger charge is -2.14. The van der Waals surface area contributed by atoms with Gasteiger partial charge in [0.15, 0.2) is 6.10 Å². The fourth-order valence-electron chi connectivity index (χ4n) is 1.67. The van der Waals surface area contributed by atoms with Crippen molar-refractivity contribution in [3.8, 4) is 5.75 Å². The molecule has 0 saturated heterocycles. The standard InChI is InChI=1S/C14H15NO3/c1-3-17-14(16)10(2)18-13-8-9-15-12-7-5-4-6-11(12)13/h4-10H,3H2,1-2H3. The molecule has 0 N–H and O–H groups in total. The first-order valence-corrected chi connectivity index (χ1v) is 5.89. The molecule has 1 atom stereocenters. The lowest BCUT2D eigenvalue weighted by atomic mass is 10.2.